The van der Waals surface area contributed by atoms with Crippen LogP contribution in [0.25, 0.3) is 55.6 Å². The lowest BCUT2D eigenvalue weighted by Gasteiger charge is -2.34. The summed E-state index contributed by atoms with van der Waals surface area (Å²) < 4.78 is 0. The number of hydrogen-bond acceptors (Lipinski definition) is 1. The maximum Gasteiger partial charge on any atom is 0.180 e. The predicted octanol–water partition coefficient (Wildman–Crippen LogP) is 17.5. The van der Waals surface area contributed by atoms with Crippen LogP contribution in [0.3, 0.4) is 0 Å². The molecule has 0 bridgehead atoms. The Kier molecular flexibility index (Phi) is 11.3. The van der Waals surface area contributed by atoms with Gasteiger partial charge in [0.15, 0.2) is 8.07 Å². The first kappa shape index (κ1) is 48.8. The third kappa shape index (κ3) is 7.26. The lowest BCUT2D eigenvalue weighted by molar-refractivity contribution is 0.714. The van der Waals surface area contributed by atoms with Crippen molar-refractivity contribution >= 4 is 45.9 Å². The molecular formula is C81H57NSi. The van der Waals surface area contributed by atoms with Gasteiger partial charge in [0.05, 0.1) is 5.41 Å². The van der Waals surface area contributed by atoms with Gasteiger partial charge >= 0.3 is 0 Å². The SMILES string of the molecule is CC1(c2cccc(N(c3ccc(-c4ccc5c(c4)C(c4ccccc4)(c4ccccc4)c4ccccc4-5)cc3)c3cccc([Si]4(c5ccc(-c6ccccc6)cc5)c5ccccc5-c5ccccc54)c3)c2)c2ccccc2-c2ccccc21. The van der Waals surface area contributed by atoms with E-state index in [-0.39, 0.29) is 5.41 Å². The van der Waals surface area contributed by atoms with Crippen LogP contribution in [0.15, 0.2) is 328 Å². The van der Waals surface area contributed by atoms with E-state index in [1.165, 1.54) is 115 Å². The van der Waals surface area contributed by atoms with Crippen molar-refractivity contribution in [1.29, 1.82) is 0 Å². The van der Waals surface area contributed by atoms with E-state index in [9.17, 15) is 0 Å². The van der Waals surface area contributed by atoms with Crippen LogP contribution in [0.1, 0.15) is 45.9 Å². The Hall–Kier alpha value is -10.1. The van der Waals surface area contributed by atoms with Gasteiger partial charge in [-0.3, -0.25) is 0 Å². The molecule has 0 unspecified atom stereocenters. The molecule has 390 valence electrons. The lowest BCUT2D eigenvalue weighted by Crippen LogP contribution is -2.72. The highest BCUT2D eigenvalue weighted by Crippen LogP contribution is 2.57. The summed E-state index contributed by atoms with van der Waals surface area (Å²) >= 11 is 0. The van der Waals surface area contributed by atoms with Gasteiger partial charge in [-0.2, -0.15) is 0 Å². The number of benzene rings is 13. The Morgan fingerprint density at radius 1 is 0.253 bits per heavy atom. The van der Waals surface area contributed by atoms with Crippen LogP contribution in [0.2, 0.25) is 0 Å². The molecule has 83 heavy (non-hydrogen) atoms. The summed E-state index contributed by atoms with van der Waals surface area (Å²) in [4.78, 5) is 2.51. The Labute approximate surface area is 487 Å². The molecule has 13 aromatic rings. The summed E-state index contributed by atoms with van der Waals surface area (Å²) in [6.45, 7) is 2.42. The van der Waals surface area contributed by atoms with Gasteiger partial charge in [-0.25, -0.2) is 0 Å². The van der Waals surface area contributed by atoms with Crippen LogP contribution in [-0.2, 0) is 10.8 Å². The van der Waals surface area contributed by atoms with Crippen LogP contribution in [0.5, 0.6) is 0 Å². The minimum absolute atomic E-state index is 0.372. The maximum atomic E-state index is 2.53. The molecule has 1 nitrogen and oxygen atoms in total. The normalized spacial score (nSPS) is 14.1. The Bertz CT molecular complexity index is 4490. The van der Waals surface area contributed by atoms with Gasteiger partial charge in [0.1, 0.15) is 0 Å². The van der Waals surface area contributed by atoms with Crippen molar-refractivity contribution in [2.24, 2.45) is 0 Å². The summed E-state index contributed by atoms with van der Waals surface area (Å²) in [5, 5.41) is 5.58. The molecule has 1 heterocycles. The Morgan fingerprint density at radius 3 is 1.28 bits per heavy atom. The zero-order valence-corrected chi connectivity index (χ0v) is 47.1. The van der Waals surface area contributed by atoms with Gasteiger partial charge in [0, 0.05) is 22.5 Å². The predicted molar refractivity (Wildman–Crippen MR) is 349 cm³/mol. The van der Waals surface area contributed by atoms with Crippen LogP contribution in [0, 0.1) is 0 Å². The van der Waals surface area contributed by atoms with Gasteiger partial charge in [-0.05, 0) is 165 Å². The fourth-order valence-electron chi connectivity index (χ4n) is 15.0. The molecule has 0 amide bonds. The smallest absolute Gasteiger partial charge is 0.180 e. The van der Waals surface area contributed by atoms with Gasteiger partial charge in [0.2, 0.25) is 0 Å². The molecular weight excluding hydrogens is 1010 g/mol. The number of anilines is 3. The molecule has 0 atom stereocenters. The van der Waals surface area contributed by atoms with Crippen LogP contribution in [-0.4, -0.2) is 8.07 Å². The number of hydrogen-bond donors (Lipinski definition) is 0. The molecule has 0 fully saturated rings. The van der Waals surface area contributed by atoms with E-state index in [2.05, 4.69) is 339 Å². The van der Waals surface area contributed by atoms with Gasteiger partial charge in [0.25, 0.3) is 0 Å². The van der Waals surface area contributed by atoms with Gasteiger partial charge in [-0.1, -0.05) is 285 Å². The summed E-state index contributed by atoms with van der Waals surface area (Å²) in [6.07, 6.45) is 0. The first-order chi connectivity index (χ1) is 41.0. The topological polar surface area (TPSA) is 3.24 Å². The van der Waals surface area contributed by atoms with E-state index in [0.717, 1.165) is 17.1 Å². The summed E-state index contributed by atoms with van der Waals surface area (Å²) in [5.41, 5.74) is 24.2. The minimum Gasteiger partial charge on any atom is -0.310 e. The summed E-state index contributed by atoms with van der Waals surface area (Å²) in [5.74, 6) is 0. The maximum absolute atomic E-state index is 2.93. The third-order valence-corrected chi connectivity index (χ3v) is 23.6. The van der Waals surface area contributed by atoms with Gasteiger partial charge < -0.3 is 4.90 Å². The van der Waals surface area contributed by atoms with E-state index in [4.69, 9.17) is 0 Å². The standard InChI is InChI=1S/C81H57NSi/c1-80(74-38-16-11-33-68(74)69-34-12-17-39-75(69)80)62-29-21-30-64(54-62)82(63-48-43-58(44-49-63)59-47-52-71-70-35-13-18-40-76(70)81(77(71)53-59,60-25-7-3-8-26-60)61-27-9-4-10-28-61)65-31-22-32-67(55-65)83(66-50-45-57(46-51-66)56-23-5-2-6-24-56)78-41-19-14-36-72(78)73-37-15-20-42-79(73)83/h2-55H,1H3. The minimum atomic E-state index is -2.93. The molecule has 1 aliphatic heterocycles. The summed E-state index contributed by atoms with van der Waals surface area (Å²) in [6, 6.07) is 123. The Balaban J connectivity index is 0.880. The second-order valence-electron chi connectivity index (χ2n) is 22.8. The average Bonchev–Trinajstić information content (AvgIpc) is 1.92. The van der Waals surface area contributed by atoms with Gasteiger partial charge in [-0.15, -0.1) is 0 Å². The largest absolute Gasteiger partial charge is 0.310 e. The fourth-order valence-corrected chi connectivity index (χ4v) is 20.2. The third-order valence-electron chi connectivity index (χ3n) is 18.7. The van der Waals surface area contributed by atoms with E-state index < -0.39 is 13.5 Å². The molecule has 16 rings (SSSR count). The fraction of sp³-hybridized carbons (Fsp3) is 0.0370. The lowest BCUT2D eigenvalue weighted by atomic mass is 9.67. The van der Waals surface area contributed by atoms with Crippen LogP contribution in [0.4, 0.5) is 17.1 Å². The van der Waals surface area contributed by atoms with E-state index in [1.54, 1.807) is 0 Å². The first-order valence-electron chi connectivity index (χ1n) is 29.1. The van der Waals surface area contributed by atoms with Crippen molar-refractivity contribution in [3.63, 3.8) is 0 Å². The van der Waals surface area contributed by atoms with E-state index in [1.807, 2.05) is 0 Å². The highest BCUT2D eigenvalue weighted by atomic mass is 28.3. The van der Waals surface area contributed by atoms with Crippen LogP contribution < -0.4 is 25.6 Å². The summed E-state index contributed by atoms with van der Waals surface area (Å²) in [7, 11) is -2.93. The Morgan fingerprint density at radius 2 is 0.675 bits per heavy atom. The van der Waals surface area contributed by atoms with E-state index in [0.29, 0.717) is 0 Å². The second kappa shape index (κ2) is 19.3. The molecule has 0 spiro atoms. The van der Waals surface area contributed by atoms with Crippen molar-refractivity contribution in [3.05, 3.63) is 367 Å². The first-order valence-corrected chi connectivity index (χ1v) is 31.1. The number of fused-ring (bicyclic) bond motifs is 9. The number of rotatable bonds is 10. The monoisotopic (exact) mass is 1070 g/mol. The number of nitrogens with zero attached hydrogens (tertiary/aromatic N) is 1. The molecule has 13 aromatic carbocycles. The molecule has 0 saturated carbocycles. The van der Waals surface area contributed by atoms with Crippen molar-refractivity contribution in [3.8, 4) is 55.6 Å². The highest BCUT2D eigenvalue weighted by molar-refractivity contribution is 7.22. The van der Waals surface area contributed by atoms with Crippen molar-refractivity contribution in [2.45, 2.75) is 17.8 Å². The molecule has 0 radical (unpaired) electrons. The molecule has 0 saturated heterocycles. The second-order valence-corrected chi connectivity index (χ2v) is 26.5. The molecule has 2 aliphatic carbocycles. The quantitative estimate of drug-likeness (QED) is 0.123. The molecule has 0 aromatic heterocycles. The van der Waals surface area contributed by atoms with Crippen LogP contribution >= 0.6 is 0 Å². The van der Waals surface area contributed by atoms with Crippen molar-refractivity contribution in [1.82, 2.24) is 0 Å². The molecule has 0 N–H and O–H groups in total. The van der Waals surface area contributed by atoms with E-state index >= 15 is 0 Å². The highest BCUT2D eigenvalue weighted by Gasteiger charge is 2.49. The molecule has 3 aliphatic rings. The van der Waals surface area contributed by atoms with Crippen molar-refractivity contribution in [2.75, 3.05) is 4.90 Å². The zero-order valence-electron chi connectivity index (χ0n) is 46.1. The molecule has 2 heteroatoms. The average molecular weight is 1070 g/mol. The van der Waals surface area contributed by atoms with Crippen molar-refractivity contribution < 1.29 is 0 Å². The zero-order chi connectivity index (χ0) is 55.1.